The lowest BCUT2D eigenvalue weighted by atomic mass is 10.1. The van der Waals surface area contributed by atoms with Gasteiger partial charge in [0.05, 0.1) is 5.56 Å². The average Bonchev–Trinajstić information content (AvgIpc) is 2.82. The van der Waals surface area contributed by atoms with Gasteiger partial charge in [-0.25, -0.2) is 8.78 Å². The molecule has 2 N–H and O–H groups in total. The Kier molecular flexibility index (Phi) is 3.28. The van der Waals surface area contributed by atoms with Gasteiger partial charge < -0.3 is 10.2 Å². The first-order valence-corrected chi connectivity index (χ1v) is 4.83. The number of aromatic nitrogens is 2. The number of hydrogen-bond acceptors (Lipinski definition) is 4. The van der Waals surface area contributed by atoms with Crippen molar-refractivity contribution in [3.63, 3.8) is 0 Å². The summed E-state index contributed by atoms with van der Waals surface area (Å²) in [6.45, 7) is -0.185. The molecular formula is C10H7F4N3O. The van der Waals surface area contributed by atoms with E-state index in [1.54, 1.807) is 0 Å². The topological polar surface area (TPSA) is 64.9 Å². The molecule has 0 atom stereocenters. The predicted molar refractivity (Wildman–Crippen MR) is 52.5 cm³/mol. The zero-order valence-electron chi connectivity index (χ0n) is 8.83. The summed E-state index contributed by atoms with van der Waals surface area (Å²) in [4.78, 5) is 0. The van der Waals surface area contributed by atoms with Crippen LogP contribution in [0.5, 0.6) is 0 Å². The van der Waals surface area contributed by atoms with Crippen molar-refractivity contribution in [2.75, 3.05) is 0 Å². The largest absolute Gasteiger partial charge is 0.415 e. The van der Waals surface area contributed by atoms with Crippen molar-refractivity contribution in [2.24, 2.45) is 5.73 Å². The van der Waals surface area contributed by atoms with E-state index in [-0.39, 0.29) is 17.7 Å². The van der Waals surface area contributed by atoms with Crippen LogP contribution >= 0.6 is 0 Å². The molecule has 2 aromatic rings. The Balaban J connectivity index is 2.47. The number of nitrogens with zero attached hydrogens (tertiary/aromatic N) is 2. The molecule has 0 unspecified atom stereocenters. The fraction of sp³-hybridized carbons (Fsp3) is 0.200. The van der Waals surface area contributed by atoms with Gasteiger partial charge in [0.1, 0.15) is 0 Å². The van der Waals surface area contributed by atoms with Crippen LogP contribution in [-0.2, 0) is 6.54 Å². The molecule has 4 nitrogen and oxygen atoms in total. The van der Waals surface area contributed by atoms with E-state index < -0.39 is 29.8 Å². The highest BCUT2D eigenvalue weighted by atomic mass is 19.3. The molecule has 1 aromatic carbocycles. The highest BCUT2D eigenvalue weighted by Crippen LogP contribution is 2.27. The predicted octanol–water partition coefficient (Wildman–Crippen LogP) is 2.41. The molecule has 1 heterocycles. The first kappa shape index (κ1) is 12.5. The summed E-state index contributed by atoms with van der Waals surface area (Å²) in [5, 5.41) is 6.26. The van der Waals surface area contributed by atoms with Crippen LogP contribution < -0.4 is 5.73 Å². The second-order valence-corrected chi connectivity index (χ2v) is 3.35. The summed E-state index contributed by atoms with van der Waals surface area (Å²) in [6, 6.07) is 2.36. The third-order valence-electron chi connectivity index (χ3n) is 2.24. The van der Waals surface area contributed by atoms with Crippen LogP contribution in [0, 0.1) is 11.6 Å². The second kappa shape index (κ2) is 4.73. The standard InChI is InChI=1S/C10H7F4N3O/c11-6-4(3-15)1-2-5(7(6)12)9-16-17-10(18-9)8(13)14/h1-2,8H,3,15H2. The van der Waals surface area contributed by atoms with E-state index in [4.69, 9.17) is 5.73 Å². The van der Waals surface area contributed by atoms with Crippen molar-refractivity contribution in [2.45, 2.75) is 13.0 Å². The third-order valence-corrected chi connectivity index (χ3v) is 2.24. The summed E-state index contributed by atoms with van der Waals surface area (Å²) >= 11 is 0. The molecule has 2 rings (SSSR count). The minimum Gasteiger partial charge on any atom is -0.415 e. The van der Waals surface area contributed by atoms with Gasteiger partial charge in [0.15, 0.2) is 11.6 Å². The first-order chi connectivity index (χ1) is 8.54. The van der Waals surface area contributed by atoms with Crippen LogP contribution in [-0.4, -0.2) is 10.2 Å². The van der Waals surface area contributed by atoms with Crippen LogP contribution in [0.2, 0.25) is 0 Å². The fourth-order valence-corrected chi connectivity index (χ4v) is 1.34. The molecule has 0 saturated heterocycles. The Morgan fingerprint density at radius 1 is 1.17 bits per heavy atom. The van der Waals surface area contributed by atoms with E-state index in [0.29, 0.717) is 0 Å². The normalized spacial score (nSPS) is 11.2. The first-order valence-electron chi connectivity index (χ1n) is 4.83. The summed E-state index contributed by atoms with van der Waals surface area (Å²) in [5.41, 5.74) is 4.77. The Bertz CT molecular complexity index is 570. The average molecular weight is 261 g/mol. The Morgan fingerprint density at radius 3 is 2.44 bits per heavy atom. The monoisotopic (exact) mass is 261 g/mol. The molecule has 0 spiro atoms. The molecular weight excluding hydrogens is 254 g/mol. The third kappa shape index (κ3) is 2.06. The number of alkyl halides is 2. The molecule has 0 fully saturated rings. The van der Waals surface area contributed by atoms with Gasteiger partial charge in [-0.05, 0) is 6.07 Å². The number of hydrogen-bond donors (Lipinski definition) is 1. The lowest BCUT2D eigenvalue weighted by molar-refractivity contribution is 0.116. The van der Waals surface area contributed by atoms with Crippen LogP contribution in [0.4, 0.5) is 17.6 Å². The Labute approximate surface area is 98.4 Å². The molecule has 0 bridgehead atoms. The molecule has 18 heavy (non-hydrogen) atoms. The fourth-order valence-electron chi connectivity index (χ4n) is 1.34. The maximum absolute atomic E-state index is 13.6. The van der Waals surface area contributed by atoms with E-state index in [1.165, 1.54) is 6.07 Å². The molecule has 8 heteroatoms. The SMILES string of the molecule is NCc1ccc(-c2nnc(C(F)F)o2)c(F)c1F. The molecule has 0 aliphatic heterocycles. The van der Waals surface area contributed by atoms with Crippen molar-refractivity contribution in [3.8, 4) is 11.5 Å². The molecule has 0 aliphatic carbocycles. The molecule has 0 saturated carbocycles. The Hall–Kier alpha value is -1.96. The van der Waals surface area contributed by atoms with Gasteiger partial charge in [0, 0.05) is 12.1 Å². The van der Waals surface area contributed by atoms with Gasteiger partial charge in [-0.3, -0.25) is 0 Å². The van der Waals surface area contributed by atoms with Crippen molar-refractivity contribution >= 4 is 0 Å². The highest BCUT2D eigenvalue weighted by Gasteiger charge is 2.21. The van der Waals surface area contributed by atoms with Crippen molar-refractivity contribution in [3.05, 3.63) is 35.2 Å². The molecule has 0 radical (unpaired) electrons. The van der Waals surface area contributed by atoms with E-state index >= 15 is 0 Å². The van der Waals surface area contributed by atoms with Crippen molar-refractivity contribution in [1.82, 2.24) is 10.2 Å². The van der Waals surface area contributed by atoms with E-state index in [1.807, 2.05) is 0 Å². The van der Waals surface area contributed by atoms with Crippen molar-refractivity contribution < 1.29 is 22.0 Å². The summed E-state index contributed by atoms with van der Waals surface area (Å²) in [7, 11) is 0. The molecule has 0 aliphatic rings. The van der Waals surface area contributed by atoms with E-state index in [2.05, 4.69) is 14.6 Å². The van der Waals surface area contributed by atoms with Crippen LogP contribution in [0.15, 0.2) is 16.5 Å². The quantitative estimate of drug-likeness (QED) is 0.861. The van der Waals surface area contributed by atoms with Gasteiger partial charge in [-0.2, -0.15) is 8.78 Å². The zero-order valence-corrected chi connectivity index (χ0v) is 8.83. The van der Waals surface area contributed by atoms with Crippen molar-refractivity contribution in [1.29, 1.82) is 0 Å². The number of nitrogens with two attached hydrogens (primary N) is 1. The maximum atomic E-state index is 13.6. The smallest absolute Gasteiger partial charge is 0.314 e. The van der Waals surface area contributed by atoms with E-state index in [9.17, 15) is 17.6 Å². The maximum Gasteiger partial charge on any atom is 0.314 e. The molecule has 1 aromatic heterocycles. The summed E-state index contributed by atoms with van der Waals surface area (Å²) in [5.74, 6) is -3.88. The van der Waals surface area contributed by atoms with Gasteiger partial charge in [0.25, 0.3) is 11.8 Å². The molecule has 96 valence electrons. The number of rotatable bonds is 3. The lowest BCUT2D eigenvalue weighted by Crippen LogP contribution is -2.03. The van der Waals surface area contributed by atoms with Gasteiger partial charge in [0.2, 0.25) is 0 Å². The van der Waals surface area contributed by atoms with Gasteiger partial charge in [-0.15, -0.1) is 10.2 Å². The van der Waals surface area contributed by atoms with E-state index in [0.717, 1.165) is 6.07 Å². The van der Waals surface area contributed by atoms with Gasteiger partial charge in [-0.1, -0.05) is 6.07 Å². The molecule has 0 amide bonds. The van der Waals surface area contributed by atoms with Gasteiger partial charge >= 0.3 is 6.43 Å². The lowest BCUT2D eigenvalue weighted by Gasteiger charge is -2.03. The summed E-state index contributed by atoms with van der Waals surface area (Å²) < 4.78 is 56.0. The summed E-state index contributed by atoms with van der Waals surface area (Å²) in [6.07, 6.45) is -2.97. The number of halogens is 4. The number of benzene rings is 1. The minimum atomic E-state index is -2.97. The highest BCUT2D eigenvalue weighted by molar-refractivity contribution is 5.54. The van der Waals surface area contributed by atoms with Crippen LogP contribution in [0.25, 0.3) is 11.5 Å². The minimum absolute atomic E-state index is 0.0372. The van der Waals surface area contributed by atoms with Crippen LogP contribution in [0.3, 0.4) is 0 Å². The Morgan fingerprint density at radius 2 is 1.89 bits per heavy atom. The van der Waals surface area contributed by atoms with Crippen LogP contribution in [0.1, 0.15) is 17.9 Å². The zero-order chi connectivity index (χ0) is 13.3. The second-order valence-electron chi connectivity index (χ2n) is 3.35.